The van der Waals surface area contributed by atoms with Crippen molar-refractivity contribution in [3.63, 3.8) is 0 Å². The first-order valence-corrected chi connectivity index (χ1v) is 15.5. The number of nitrogens with zero attached hydrogens (tertiary/aromatic N) is 3. The first-order chi connectivity index (χ1) is 19.8. The number of amides is 1. The minimum atomic E-state index is -4.06. The number of carbonyl (C=O) groups excluding carboxylic acids is 1. The molecule has 0 spiro atoms. The molecule has 3 aromatic heterocycles. The lowest BCUT2D eigenvalue weighted by molar-refractivity contribution is 0.0951. The Bertz CT molecular complexity index is 1850. The van der Waals surface area contributed by atoms with Gasteiger partial charge in [-0.1, -0.05) is 37.1 Å². The third-order valence-corrected chi connectivity index (χ3v) is 10.2. The summed E-state index contributed by atoms with van der Waals surface area (Å²) in [5.74, 6) is -0.682. The first-order valence-electron chi connectivity index (χ1n) is 13.2. The second-order valence-electron chi connectivity index (χ2n) is 9.92. The van der Waals surface area contributed by atoms with Gasteiger partial charge in [0.05, 0.1) is 17.6 Å². The van der Waals surface area contributed by atoms with E-state index in [2.05, 4.69) is 24.6 Å². The lowest BCUT2D eigenvalue weighted by Crippen LogP contribution is -2.22. The molecule has 1 aliphatic carbocycles. The van der Waals surface area contributed by atoms with Crippen molar-refractivity contribution in [3.05, 3.63) is 89.4 Å². The fourth-order valence-electron chi connectivity index (χ4n) is 5.21. The Morgan fingerprint density at radius 2 is 1.85 bits per heavy atom. The third-order valence-electron chi connectivity index (χ3n) is 7.24. The van der Waals surface area contributed by atoms with E-state index in [-0.39, 0.29) is 22.3 Å². The predicted molar refractivity (Wildman–Crippen MR) is 158 cm³/mol. The van der Waals surface area contributed by atoms with Gasteiger partial charge in [-0.15, -0.1) is 11.3 Å². The quantitative estimate of drug-likeness (QED) is 0.212. The molecule has 6 rings (SSSR count). The van der Waals surface area contributed by atoms with Crippen LogP contribution in [0.2, 0.25) is 0 Å². The molecule has 5 aromatic rings. The number of benzene rings is 2. The monoisotopic (exact) mass is 590 g/mol. The van der Waals surface area contributed by atoms with Crippen molar-refractivity contribution < 1.29 is 17.6 Å². The number of nitrogens with two attached hydrogens (primary N) is 1. The smallest absolute Gasteiger partial charge is 0.271 e. The highest BCUT2D eigenvalue weighted by molar-refractivity contribution is 7.94. The van der Waals surface area contributed by atoms with E-state index in [4.69, 9.17) is 5.73 Å². The number of carbonyl (C=O) groups is 1. The number of sulfonamides is 1. The molecular weight excluding hydrogens is 563 g/mol. The standard InChI is InChI=1S/C29H27FN6O3S2/c30-23-14-19(22-16-36(20-8-4-5-9-20)28-26(22)27(31)33-17-34-28)10-12-24(23)35-41(38,39)25-13-11-21(40-25)15-32-29(37)18-6-2-1-3-7-18/h1-3,6-7,10-14,16-17,20,35H,4-5,8-9,15H2,(H,32,37)(H2,31,33,34). The Hall–Kier alpha value is -4.29. The summed E-state index contributed by atoms with van der Waals surface area (Å²) < 4.78 is 45.9. The van der Waals surface area contributed by atoms with Crippen molar-refractivity contribution in [2.45, 2.75) is 42.5 Å². The zero-order chi connectivity index (χ0) is 28.6. The Labute approximate surface area is 240 Å². The van der Waals surface area contributed by atoms with E-state index in [0.29, 0.717) is 44.5 Å². The van der Waals surface area contributed by atoms with Gasteiger partial charge in [0, 0.05) is 28.2 Å². The van der Waals surface area contributed by atoms with Crippen LogP contribution in [-0.4, -0.2) is 28.9 Å². The van der Waals surface area contributed by atoms with Crippen LogP contribution in [0.4, 0.5) is 15.9 Å². The highest BCUT2D eigenvalue weighted by atomic mass is 32.2. The van der Waals surface area contributed by atoms with Crippen molar-refractivity contribution >= 4 is 49.8 Å². The molecule has 0 saturated heterocycles. The second-order valence-corrected chi connectivity index (χ2v) is 13.0. The SMILES string of the molecule is Nc1ncnc2c1c(-c1ccc(NS(=O)(=O)c3ccc(CNC(=O)c4ccccc4)s3)c(F)c1)cn2C1CCCC1. The van der Waals surface area contributed by atoms with Gasteiger partial charge in [-0.05, 0) is 54.8 Å². The van der Waals surface area contributed by atoms with Crippen molar-refractivity contribution in [3.8, 4) is 11.1 Å². The van der Waals surface area contributed by atoms with Crippen LogP contribution in [0, 0.1) is 5.82 Å². The van der Waals surface area contributed by atoms with E-state index < -0.39 is 15.8 Å². The van der Waals surface area contributed by atoms with Crippen LogP contribution < -0.4 is 15.8 Å². The van der Waals surface area contributed by atoms with Crippen LogP contribution in [0.5, 0.6) is 0 Å². The van der Waals surface area contributed by atoms with Crippen LogP contribution in [0.1, 0.15) is 47.0 Å². The van der Waals surface area contributed by atoms with Gasteiger partial charge >= 0.3 is 0 Å². The molecule has 9 nitrogen and oxygen atoms in total. The normalized spacial score (nSPS) is 14.0. The van der Waals surface area contributed by atoms with Gasteiger partial charge in [-0.2, -0.15) is 0 Å². The summed E-state index contributed by atoms with van der Waals surface area (Å²) in [6.45, 7) is 0.165. The lowest BCUT2D eigenvalue weighted by atomic mass is 10.1. The number of halogens is 1. The van der Waals surface area contributed by atoms with Crippen LogP contribution in [-0.2, 0) is 16.6 Å². The van der Waals surface area contributed by atoms with Crippen molar-refractivity contribution in [2.24, 2.45) is 0 Å². The number of hydrogen-bond acceptors (Lipinski definition) is 7. The summed E-state index contributed by atoms with van der Waals surface area (Å²) in [4.78, 5) is 21.5. The Morgan fingerprint density at radius 1 is 1.07 bits per heavy atom. The van der Waals surface area contributed by atoms with E-state index in [1.54, 1.807) is 36.4 Å². The molecule has 2 aromatic carbocycles. The predicted octanol–water partition coefficient (Wildman–Crippen LogP) is 5.73. The number of hydrogen-bond donors (Lipinski definition) is 3. The van der Waals surface area contributed by atoms with Gasteiger partial charge in [-0.25, -0.2) is 22.8 Å². The van der Waals surface area contributed by atoms with Crippen molar-refractivity contribution in [1.82, 2.24) is 19.9 Å². The molecule has 12 heteroatoms. The minimum Gasteiger partial charge on any atom is -0.383 e. The van der Waals surface area contributed by atoms with E-state index in [9.17, 15) is 13.2 Å². The number of aromatic nitrogens is 3. The molecule has 1 fully saturated rings. The van der Waals surface area contributed by atoms with Crippen LogP contribution in [0.3, 0.4) is 0 Å². The summed E-state index contributed by atoms with van der Waals surface area (Å²) >= 11 is 1.00. The van der Waals surface area contributed by atoms with Gasteiger partial charge < -0.3 is 15.6 Å². The number of nitrogen functional groups attached to an aromatic ring is 1. The molecule has 1 saturated carbocycles. The Morgan fingerprint density at radius 3 is 2.61 bits per heavy atom. The molecule has 0 bridgehead atoms. The molecule has 210 valence electrons. The summed E-state index contributed by atoms with van der Waals surface area (Å²) in [6.07, 6.45) is 7.71. The van der Waals surface area contributed by atoms with Crippen molar-refractivity contribution in [1.29, 1.82) is 0 Å². The molecule has 4 N–H and O–H groups in total. The summed E-state index contributed by atoms with van der Waals surface area (Å²) in [7, 11) is -4.06. The topological polar surface area (TPSA) is 132 Å². The number of rotatable bonds is 8. The van der Waals surface area contributed by atoms with Gasteiger partial charge in [0.1, 0.15) is 27.8 Å². The van der Waals surface area contributed by atoms with Gasteiger partial charge in [0.25, 0.3) is 15.9 Å². The van der Waals surface area contributed by atoms with Gasteiger partial charge in [-0.3, -0.25) is 9.52 Å². The van der Waals surface area contributed by atoms with Crippen LogP contribution in [0.15, 0.2) is 77.4 Å². The molecule has 0 aliphatic heterocycles. The van der Waals surface area contributed by atoms with E-state index in [0.717, 1.165) is 37.0 Å². The van der Waals surface area contributed by atoms with Crippen LogP contribution >= 0.6 is 11.3 Å². The summed E-state index contributed by atoms with van der Waals surface area (Å²) in [6, 6.07) is 16.4. The maximum atomic E-state index is 15.3. The molecular formula is C29H27FN6O3S2. The number of thiophene rings is 1. The van der Waals surface area contributed by atoms with E-state index >= 15 is 4.39 Å². The number of fused-ring (bicyclic) bond motifs is 1. The summed E-state index contributed by atoms with van der Waals surface area (Å²) in [5.41, 5.74) is 8.50. The van der Waals surface area contributed by atoms with E-state index in [1.807, 2.05) is 12.3 Å². The number of anilines is 2. The number of nitrogens with one attached hydrogen (secondary N) is 2. The highest BCUT2D eigenvalue weighted by Gasteiger charge is 2.24. The molecule has 1 aliphatic rings. The zero-order valence-electron chi connectivity index (χ0n) is 21.9. The molecule has 0 atom stereocenters. The van der Waals surface area contributed by atoms with E-state index in [1.165, 1.54) is 24.5 Å². The zero-order valence-corrected chi connectivity index (χ0v) is 23.5. The molecule has 0 radical (unpaired) electrons. The molecule has 0 unspecified atom stereocenters. The molecule has 3 heterocycles. The lowest BCUT2D eigenvalue weighted by Gasteiger charge is -2.12. The maximum Gasteiger partial charge on any atom is 0.271 e. The fraction of sp³-hybridized carbons (Fsp3) is 0.207. The van der Waals surface area contributed by atoms with Crippen molar-refractivity contribution in [2.75, 3.05) is 10.5 Å². The average molecular weight is 591 g/mol. The minimum absolute atomic E-state index is 0.00879. The first kappa shape index (κ1) is 26.9. The Kier molecular flexibility index (Phi) is 7.18. The highest BCUT2D eigenvalue weighted by Crippen LogP contribution is 2.39. The fourth-order valence-corrected chi connectivity index (χ4v) is 7.57. The Balaban J connectivity index is 1.21. The largest absolute Gasteiger partial charge is 0.383 e. The second kappa shape index (κ2) is 10.9. The van der Waals surface area contributed by atoms with Crippen LogP contribution in [0.25, 0.3) is 22.2 Å². The summed E-state index contributed by atoms with van der Waals surface area (Å²) in [5, 5.41) is 3.42. The van der Waals surface area contributed by atoms with Gasteiger partial charge in [0.15, 0.2) is 0 Å². The molecule has 41 heavy (non-hydrogen) atoms. The average Bonchev–Trinajstić information content (AvgIpc) is 3.74. The maximum absolute atomic E-state index is 15.3. The third kappa shape index (κ3) is 5.40. The van der Waals surface area contributed by atoms with Gasteiger partial charge in [0.2, 0.25) is 0 Å². The molecule has 1 amide bonds.